The van der Waals surface area contributed by atoms with Crippen molar-refractivity contribution in [1.29, 1.82) is 5.26 Å². The summed E-state index contributed by atoms with van der Waals surface area (Å²) in [6.07, 6.45) is 0. The highest BCUT2D eigenvalue weighted by Crippen LogP contribution is 2.14. The molecular weight excluding hydrogens is 244 g/mol. The molecule has 2 rings (SSSR count). The van der Waals surface area contributed by atoms with Crippen LogP contribution in [0.1, 0.15) is 16.7 Å². The van der Waals surface area contributed by atoms with E-state index in [1.807, 2.05) is 42.5 Å². The minimum Gasteiger partial charge on any atom is -0.309 e. The molecule has 0 radical (unpaired) electrons. The normalized spacial score (nSPS) is 10.0. The zero-order valence-electron chi connectivity index (χ0n) is 9.86. The highest BCUT2D eigenvalue weighted by molar-refractivity contribution is 6.31. The lowest BCUT2D eigenvalue weighted by Crippen LogP contribution is -2.12. The third-order valence-electron chi connectivity index (χ3n) is 2.66. The van der Waals surface area contributed by atoms with Gasteiger partial charge in [0.1, 0.15) is 0 Å². The van der Waals surface area contributed by atoms with Gasteiger partial charge in [0.05, 0.1) is 11.6 Å². The smallest absolute Gasteiger partial charge is 0.0991 e. The van der Waals surface area contributed by atoms with E-state index in [0.717, 1.165) is 29.2 Å². The minimum absolute atomic E-state index is 0.687. The molecule has 0 unspecified atom stereocenters. The Labute approximate surface area is 112 Å². The molecule has 2 aromatic carbocycles. The van der Waals surface area contributed by atoms with Gasteiger partial charge >= 0.3 is 0 Å². The molecule has 0 amide bonds. The number of rotatable bonds is 4. The van der Waals surface area contributed by atoms with Crippen LogP contribution in [-0.2, 0) is 13.1 Å². The molecule has 2 aromatic rings. The van der Waals surface area contributed by atoms with Crippen molar-refractivity contribution in [2.45, 2.75) is 13.1 Å². The number of benzene rings is 2. The maximum absolute atomic E-state index is 8.81. The van der Waals surface area contributed by atoms with Crippen LogP contribution < -0.4 is 5.32 Å². The van der Waals surface area contributed by atoms with Crippen LogP contribution in [-0.4, -0.2) is 0 Å². The molecule has 2 nitrogen and oxygen atoms in total. The van der Waals surface area contributed by atoms with E-state index < -0.39 is 0 Å². The molecule has 0 bridgehead atoms. The fraction of sp³-hybridized carbons (Fsp3) is 0.133. The van der Waals surface area contributed by atoms with E-state index in [1.165, 1.54) is 0 Å². The Morgan fingerprint density at radius 1 is 1.06 bits per heavy atom. The highest BCUT2D eigenvalue weighted by atomic mass is 35.5. The van der Waals surface area contributed by atoms with Gasteiger partial charge in [0, 0.05) is 18.1 Å². The van der Waals surface area contributed by atoms with Gasteiger partial charge in [0.15, 0.2) is 0 Å². The average Bonchev–Trinajstić information content (AvgIpc) is 2.41. The first kappa shape index (κ1) is 12.6. The molecule has 3 heteroatoms. The Kier molecular flexibility index (Phi) is 4.35. The summed E-state index contributed by atoms with van der Waals surface area (Å²) in [7, 11) is 0. The molecule has 0 atom stereocenters. The van der Waals surface area contributed by atoms with Crippen molar-refractivity contribution in [3.63, 3.8) is 0 Å². The Hall–Kier alpha value is -1.82. The number of nitrogens with one attached hydrogen (secondary N) is 1. The van der Waals surface area contributed by atoms with E-state index >= 15 is 0 Å². The Balaban J connectivity index is 1.93. The number of hydrogen-bond acceptors (Lipinski definition) is 2. The Morgan fingerprint density at radius 3 is 2.67 bits per heavy atom. The van der Waals surface area contributed by atoms with E-state index in [4.69, 9.17) is 16.9 Å². The zero-order valence-corrected chi connectivity index (χ0v) is 10.6. The molecular formula is C15H13ClN2. The SMILES string of the molecule is N#Cc1cccc(CNCc2ccccc2Cl)c1. The highest BCUT2D eigenvalue weighted by Gasteiger charge is 1.99. The van der Waals surface area contributed by atoms with Crippen molar-refractivity contribution < 1.29 is 0 Å². The van der Waals surface area contributed by atoms with Crippen molar-refractivity contribution in [2.75, 3.05) is 0 Å². The van der Waals surface area contributed by atoms with Crippen LogP contribution in [0.25, 0.3) is 0 Å². The number of hydrogen-bond donors (Lipinski definition) is 1. The van der Waals surface area contributed by atoms with Crippen molar-refractivity contribution >= 4 is 11.6 Å². The van der Waals surface area contributed by atoms with Crippen LogP contribution in [0, 0.1) is 11.3 Å². The van der Waals surface area contributed by atoms with Crippen molar-refractivity contribution in [3.8, 4) is 6.07 Å². The topological polar surface area (TPSA) is 35.8 Å². The van der Waals surface area contributed by atoms with Gasteiger partial charge in [-0.3, -0.25) is 0 Å². The molecule has 0 spiro atoms. The van der Waals surface area contributed by atoms with Crippen LogP contribution in [0.2, 0.25) is 5.02 Å². The Morgan fingerprint density at radius 2 is 1.89 bits per heavy atom. The van der Waals surface area contributed by atoms with Gasteiger partial charge < -0.3 is 5.32 Å². The lowest BCUT2D eigenvalue weighted by atomic mass is 10.1. The summed E-state index contributed by atoms with van der Waals surface area (Å²) >= 11 is 6.07. The van der Waals surface area contributed by atoms with Crippen molar-refractivity contribution in [2.24, 2.45) is 0 Å². The molecule has 0 aliphatic rings. The predicted molar refractivity (Wildman–Crippen MR) is 73.2 cm³/mol. The number of nitriles is 1. The van der Waals surface area contributed by atoms with Crippen LogP contribution in [0.15, 0.2) is 48.5 Å². The molecule has 0 aliphatic carbocycles. The molecule has 0 heterocycles. The summed E-state index contributed by atoms with van der Waals surface area (Å²) in [6.45, 7) is 1.44. The van der Waals surface area contributed by atoms with Gasteiger partial charge in [-0.25, -0.2) is 0 Å². The number of halogens is 1. The molecule has 0 aromatic heterocycles. The van der Waals surface area contributed by atoms with E-state index in [-0.39, 0.29) is 0 Å². The second kappa shape index (κ2) is 6.20. The molecule has 90 valence electrons. The van der Waals surface area contributed by atoms with Crippen LogP contribution in [0.3, 0.4) is 0 Å². The molecule has 1 N–H and O–H groups in total. The van der Waals surface area contributed by atoms with Gasteiger partial charge in [-0.2, -0.15) is 5.26 Å². The second-order valence-electron chi connectivity index (χ2n) is 4.01. The third kappa shape index (κ3) is 3.33. The lowest BCUT2D eigenvalue weighted by molar-refractivity contribution is 0.693. The lowest BCUT2D eigenvalue weighted by Gasteiger charge is -2.06. The summed E-state index contributed by atoms with van der Waals surface area (Å²) in [4.78, 5) is 0. The fourth-order valence-electron chi connectivity index (χ4n) is 1.73. The maximum Gasteiger partial charge on any atom is 0.0991 e. The molecule has 0 fully saturated rings. The van der Waals surface area contributed by atoms with E-state index in [9.17, 15) is 0 Å². The first-order chi connectivity index (χ1) is 8.79. The van der Waals surface area contributed by atoms with Gasteiger partial charge in [0.25, 0.3) is 0 Å². The summed E-state index contributed by atoms with van der Waals surface area (Å²) in [6, 6.07) is 17.5. The molecule has 0 aliphatic heterocycles. The standard InChI is InChI=1S/C15H13ClN2/c16-15-7-2-1-6-14(15)11-18-10-13-5-3-4-12(8-13)9-17/h1-8,18H,10-11H2. The van der Waals surface area contributed by atoms with Crippen molar-refractivity contribution in [3.05, 3.63) is 70.2 Å². The summed E-state index contributed by atoms with van der Waals surface area (Å²) < 4.78 is 0. The van der Waals surface area contributed by atoms with Gasteiger partial charge in [-0.15, -0.1) is 0 Å². The average molecular weight is 257 g/mol. The van der Waals surface area contributed by atoms with Gasteiger partial charge in [0.2, 0.25) is 0 Å². The summed E-state index contributed by atoms with van der Waals surface area (Å²) in [5, 5.41) is 12.9. The molecule has 18 heavy (non-hydrogen) atoms. The van der Waals surface area contributed by atoms with Gasteiger partial charge in [-0.1, -0.05) is 41.9 Å². The Bertz CT molecular complexity index is 573. The van der Waals surface area contributed by atoms with E-state index in [0.29, 0.717) is 5.56 Å². The molecule has 0 saturated heterocycles. The largest absolute Gasteiger partial charge is 0.309 e. The quantitative estimate of drug-likeness (QED) is 0.909. The zero-order chi connectivity index (χ0) is 12.8. The fourth-order valence-corrected chi connectivity index (χ4v) is 1.94. The van der Waals surface area contributed by atoms with Crippen LogP contribution in [0.5, 0.6) is 0 Å². The van der Waals surface area contributed by atoms with E-state index in [2.05, 4.69) is 11.4 Å². The predicted octanol–water partition coefficient (Wildman–Crippen LogP) is 3.50. The van der Waals surface area contributed by atoms with Crippen LogP contribution in [0.4, 0.5) is 0 Å². The maximum atomic E-state index is 8.81. The monoisotopic (exact) mass is 256 g/mol. The summed E-state index contributed by atoms with van der Waals surface area (Å²) in [5.41, 5.74) is 2.86. The first-order valence-corrected chi connectivity index (χ1v) is 6.10. The van der Waals surface area contributed by atoms with Gasteiger partial charge in [-0.05, 0) is 29.3 Å². The second-order valence-corrected chi connectivity index (χ2v) is 4.41. The summed E-state index contributed by atoms with van der Waals surface area (Å²) in [5.74, 6) is 0. The molecule has 0 saturated carbocycles. The van der Waals surface area contributed by atoms with Crippen molar-refractivity contribution in [1.82, 2.24) is 5.32 Å². The number of nitrogens with zero attached hydrogens (tertiary/aromatic N) is 1. The van der Waals surface area contributed by atoms with Crippen LogP contribution >= 0.6 is 11.6 Å². The first-order valence-electron chi connectivity index (χ1n) is 5.73. The minimum atomic E-state index is 0.687. The van der Waals surface area contributed by atoms with E-state index in [1.54, 1.807) is 6.07 Å². The third-order valence-corrected chi connectivity index (χ3v) is 3.03.